The van der Waals surface area contributed by atoms with Crippen molar-refractivity contribution in [2.45, 2.75) is 17.9 Å². The van der Waals surface area contributed by atoms with E-state index in [1.807, 2.05) is 0 Å². The molecular formula is C21H25N4O4S+. The molecule has 0 saturated carbocycles. The summed E-state index contributed by atoms with van der Waals surface area (Å²) in [6, 6.07) is 11.6. The van der Waals surface area contributed by atoms with Crippen LogP contribution in [0.2, 0.25) is 0 Å². The third kappa shape index (κ3) is 3.90. The van der Waals surface area contributed by atoms with Crippen molar-refractivity contribution in [1.82, 2.24) is 9.21 Å². The number of hydrogen-bond acceptors (Lipinski definition) is 5. The fraction of sp³-hybridized carbons (Fsp3) is 0.333. The fourth-order valence-corrected chi connectivity index (χ4v) is 4.37. The van der Waals surface area contributed by atoms with Gasteiger partial charge in [-0.2, -0.15) is 0 Å². The highest BCUT2D eigenvalue weighted by Gasteiger charge is 2.38. The molecule has 1 heterocycles. The molecule has 2 aromatic carbocycles. The van der Waals surface area contributed by atoms with Gasteiger partial charge in [0.2, 0.25) is 10.0 Å². The Hall–Kier alpha value is -2.91. The van der Waals surface area contributed by atoms with Gasteiger partial charge >= 0.3 is 5.91 Å². The highest BCUT2D eigenvalue weighted by molar-refractivity contribution is 7.89. The van der Waals surface area contributed by atoms with E-state index in [0.29, 0.717) is 22.3 Å². The summed E-state index contributed by atoms with van der Waals surface area (Å²) >= 11 is 0. The number of rotatable bonds is 5. The van der Waals surface area contributed by atoms with Crippen molar-refractivity contribution in [2.75, 3.05) is 34.7 Å². The molecule has 0 saturated heterocycles. The van der Waals surface area contributed by atoms with Crippen molar-refractivity contribution >= 4 is 21.8 Å². The van der Waals surface area contributed by atoms with Gasteiger partial charge < -0.3 is 4.90 Å². The van der Waals surface area contributed by atoms with Crippen LogP contribution in [0.4, 0.5) is 0 Å². The molecule has 2 amide bonds. The summed E-state index contributed by atoms with van der Waals surface area (Å²) in [6.07, 6.45) is 0. The third-order valence-corrected chi connectivity index (χ3v) is 7.00. The van der Waals surface area contributed by atoms with Gasteiger partial charge in [-0.05, 0) is 40.0 Å². The van der Waals surface area contributed by atoms with Gasteiger partial charge in [0, 0.05) is 33.8 Å². The number of carbonyl (C=O) groups excluding carboxylic acids is 2. The minimum atomic E-state index is -3.65. The predicted molar refractivity (Wildman–Crippen MR) is 111 cm³/mol. The Bertz CT molecular complexity index is 1150. The Kier molecular flexibility index (Phi) is 5.87. The van der Waals surface area contributed by atoms with E-state index in [9.17, 15) is 18.0 Å². The standard InChI is InChI=1S/C21H25N4O4S/c1-14-10-11-15(12-18(14)30(28,29)24(4)5)20-16-8-6-7-9-17(16)21(27)25(22-20)13-19(26)23(2)3/h6-12,20H,13H2,1-5H3/q+1. The Morgan fingerprint density at radius 2 is 1.77 bits per heavy atom. The summed E-state index contributed by atoms with van der Waals surface area (Å²) in [4.78, 5) is 26.7. The lowest BCUT2D eigenvalue weighted by molar-refractivity contribution is -0.495. The molecule has 9 heteroatoms. The fourth-order valence-electron chi connectivity index (χ4n) is 3.21. The molecule has 30 heavy (non-hydrogen) atoms. The number of likely N-dealkylation sites (N-methyl/N-ethyl adjacent to an activating group) is 1. The molecule has 3 rings (SSSR count). The second-order valence-corrected chi connectivity index (χ2v) is 9.69. The van der Waals surface area contributed by atoms with Gasteiger partial charge in [-0.15, -0.1) is 0 Å². The monoisotopic (exact) mass is 429 g/mol. The normalized spacial score (nSPS) is 16.3. The SMILES string of the molecule is Cc1ccc(C2N=[N+](CC(=O)N(C)C)C(=O)c3ccccc32)cc1S(=O)(=O)N(C)C. The van der Waals surface area contributed by atoms with Crippen molar-refractivity contribution < 1.29 is 22.7 Å². The number of sulfonamides is 1. The molecule has 158 valence electrons. The molecule has 8 nitrogen and oxygen atoms in total. The first-order valence-corrected chi connectivity index (χ1v) is 10.8. The number of hydrogen-bond donors (Lipinski definition) is 0. The van der Waals surface area contributed by atoms with Crippen molar-refractivity contribution in [3.05, 3.63) is 64.7 Å². The van der Waals surface area contributed by atoms with Gasteiger partial charge in [0.1, 0.15) is 0 Å². The number of benzene rings is 2. The largest absolute Gasteiger partial charge is 0.444 e. The van der Waals surface area contributed by atoms with Gasteiger partial charge in [0.25, 0.3) is 12.5 Å². The van der Waals surface area contributed by atoms with Crippen LogP contribution >= 0.6 is 0 Å². The van der Waals surface area contributed by atoms with Crippen molar-refractivity contribution in [3.8, 4) is 0 Å². The van der Waals surface area contributed by atoms with Crippen LogP contribution < -0.4 is 0 Å². The van der Waals surface area contributed by atoms with Crippen LogP contribution in [0, 0.1) is 6.92 Å². The zero-order chi connectivity index (χ0) is 22.2. The highest BCUT2D eigenvalue weighted by Crippen LogP contribution is 2.34. The summed E-state index contributed by atoms with van der Waals surface area (Å²) in [5, 5.41) is 4.52. The summed E-state index contributed by atoms with van der Waals surface area (Å²) in [7, 11) is 2.54. The van der Waals surface area contributed by atoms with Crippen LogP contribution in [0.5, 0.6) is 0 Å². The Labute approximate surface area is 176 Å². The molecular weight excluding hydrogens is 404 g/mol. The van der Waals surface area contributed by atoms with E-state index in [4.69, 9.17) is 0 Å². The molecule has 1 aliphatic heterocycles. The van der Waals surface area contributed by atoms with Gasteiger partial charge in [-0.1, -0.05) is 30.3 Å². The number of nitrogens with zero attached hydrogens (tertiary/aromatic N) is 4. The van der Waals surface area contributed by atoms with Crippen LogP contribution in [0.3, 0.4) is 0 Å². The van der Waals surface area contributed by atoms with Gasteiger partial charge in [0.05, 0.1) is 10.5 Å². The van der Waals surface area contributed by atoms with Crippen molar-refractivity contribution in [3.63, 3.8) is 0 Å². The van der Waals surface area contributed by atoms with E-state index >= 15 is 0 Å². The van der Waals surface area contributed by atoms with Crippen LogP contribution in [-0.2, 0) is 14.8 Å². The second kappa shape index (κ2) is 8.08. The summed E-state index contributed by atoms with van der Waals surface area (Å²) in [5.74, 6) is -0.615. The maximum absolute atomic E-state index is 12.9. The first kappa shape index (κ1) is 21.8. The van der Waals surface area contributed by atoms with E-state index in [-0.39, 0.29) is 23.3 Å². The zero-order valence-electron chi connectivity index (χ0n) is 17.7. The molecule has 0 bridgehead atoms. The van der Waals surface area contributed by atoms with Gasteiger partial charge in [0.15, 0.2) is 6.04 Å². The smallest absolute Gasteiger partial charge is 0.343 e. The van der Waals surface area contributed by atoms with E-state index in [1.54, 1.807) is 63.5 Å². The quantitative estimate of drug-likeness (QED) is 0.680. The second-order valence-electron chi connectivity index (χ2n) is 7.57. The number of azo groups is 2. The Morgan fingerprint density at radius 1 is 1.10 bits per heavy atom. The molecule has 0 fully saturated rings. The molecule has 2 aromatic rings. The van der Waals surface area contributed by atoms with Crippen LogP contribution in [0.15, 0.2) is 52.5 Å². The van der Waals surface area contributed by atoms with Gasteiger partial charge in [-0.3, -0.25) is 4.79 Å². The number of amides is 2. The Morgan fingerprint density at radius 3 is 2.40 bits per heavy atom. The van der Waals surface area contributed by atoms with Crippen LogP contribution in [0.1, 0.15) is 33.1 Å². The number of fused-ring (bicyclic) bond motifs is 1. The zero-order valence-corrected chi connectivity index (χ0v) is 18.5. The van der Waals surface area contributed by atoms with Gasteiger partial charge in [-0.25, -0.2) is 17.5 Å². The first-order valence-electron chi connectivity index (χ1n) is 9.39. The topological polar surface area (TPSA) is 90.1 Å². The predicted octanol–water partition coefficient (Wildman–Crippen LogP) is 2.04. The highest BCUT2D eigenvalue weighted by atomic mass is 32.2. The molecule has 0 N–H and O–H groups in total. The first-order chi connectivity index (χ1) is 14.0. The Balaban J connectivity index is 2.17. The molecule has 1 aliphatic rings. The maximum atomic E-state index is 12.9. The van der Waals surface area contributed by atoms with Crippen LogP contribution in [-0.4, -0.2) is 68.9 Å². The van der Waals surface area contributed by atoms with E-state index in [1.165, 1.54) is 19.0 Å². The lowest BCUT2D eigenvalue weighted by Crippen LogP contribution is -2.36. The molecule has 0 aliphatic carbocycles. The lowest BCUT2D eigenvalue weighted by atomic mass is 9.93. The summed E-state index contributed by atoms with van der Waals surface area (Å²) in [6.45, 7) is 1.54. The number of aryl methyl sites for hydroxylation is 1. The van der Waals surface area contributed by atoms with E-state index in [0.717, 1.165) is 9.00 Å². The minimum Gasteiger partial charge on any atom is -0.343 e. The molecule has 1 unspecified atom stereocenters. The molecule has 0 aromatic heterocycles. The third-order valence-electron chi connectivity index (χ3n) is 5.05. The van der Waals surface area contributed by atoms with Crippen LogP contribution in [0.25, 0.3) is 0 Å². The maximum Gasteiger partial charge on any atom is 0.444 e. The van der Waals surface area contributed by atoms with E-state index in [2.05, 4.69) is 5.11 Å². The summed E-state index contributed by atoms with van der Waals surface area (Å²) < 4.78 is 27.8. The summed E-state index contributed by atoms with van der Waals surface area (Å²) in [5.41, 5.74) is 2.37. The van der Waals surface area contributed by atoms with Crippen molar-refractivity contribution in [1.29, 1.82) is 0 Å². The number of carbonyl (C=O) groups is 2. The molecule has 1 atom stereocenters. The minimum absolute atomic E-state index is 0.186. The average molecular weight is 430 g/mol. The van der Waals surface area contributed by atoms with E-state index < -0.39 is 16.1 Å². The van der Waals surface area contributed by atoms with Crippen molar-refractivity contribution in [2.24, 2.45) is 5.11 Å². The molecule has 0 spiro atoms. The average Bonchev–Trinajstić information content (AvgIpc) is 2.70. The lowest BCUT2D eigenvalue weighted by Gasteiger charge is -2.20. The molecule has 0 radical (unpaired) electrons.